The Labute approximate surface area is 101 Å². The van der Waals surface area contributed by atoms with Crippen molar-refractivity contribution in [2.24, 2.45) is 0 Å². The number of rotatable bonds is 3. The zero-order valence-electron chi connectivity index (χ0n) is 8.20. The molecule has 0 aromatic carbocycles. The fourth-order valence-electron chi connectivity index (χ4n) is 0.918. The molecule has 0 bridgehead atoms. The second-order valence-electron chi connectivity index (χ2n) is 3.01. The summed E-state index contributed by atoms with van der Waals surface area (Å²) in [5.41, 5.74) is 0.0826. The van der Waals surface area contributed by atoms with Gasteiger partial charge in [0.25, 0.3) is 5.91 Å². The molecule has 0 aliphatic carbocycles. The highest BCUT2D eigenvalue weighted by Gasteiger charge is 2.17. The van der Waals surface area contributed by atoms with E-state index < -0.39 is 17.9 Å². The van der Waals surface area contributed by atoms with Crippen molar-refractivity contribution in [1.82, 2.24) is 10.3 Å². The molecule has 5 nitrogen and oxygen atoms in total. The highest BCUT2D eigenvalue weighted by atomic mass is 35.5. The Morgan fingerprint density at radius 2 is 2.06 bits per heavy atom. The third-order valence-corrected chi connectivity index (χ3v) is 2.28. The average molecular weight is 263 g/mol. The fraction of sp³-hybridized carbons (Fsp3) is 0.222. The van der Waals surface area contributed by atoms with Crippen LogP contribution in [-0.2, 0) is 4.79 Å². The quantitative estimate of drug-likeness (QED) is 0.811. The summed E-state index contributed by atoms with van der Waals surface area (Å²) in [7, 11) is 0. The minimum Gasteiger partial charge on any atom is -0.480 e. The number of aromatic nitrogens is 1. The Morgan fingerprint density at radius 3 is 2.56 bits per heavy atom. The monoisotopic (exact) mass is 262 g/mol. The van der Waals surface area contributed by atoms with Gasteiger partial charge in [-0.2, -0.15) is 0 Å². The molecule has 1 amide bonds. The number of carboxylic acid groups (broad SMARTS) is 1. The van der Waals surface area contributed by atoms with Gasteiger partial charge in [0.05, 0.1) is 5.56 Å². The van der Waals surface area contributed by atoms with Gasteiger partial charge in [0, 0.05) is 0 Å². The lowest BCUT2D eigenvalue weighted by Gasteiger charge is -2.09. The second kappa shape index (κ2) is 5.14. The summed E-state index contributed by atoms with van der Waals surface area (Å²) in [5, 5.41) is 10.9. The molecule has 86 valence electrons. The van der Waals surface area contributed by atoms with E-state index >= 15 is 0 Å². The standard InChI is InChI=1S/C9H8Cl2N2O3/c1-4(9(15)16)12-8(14)5-2-3-6(10)13-7(5)11/h2-4H,1H3,(H,12,14)(H,15,16). The third kappa shape index (κ3) is 3.08. The molecule has 0 radical (unpaired) electrons. The van der Waals surface area contributed by atoms with Crippen LogP contribution in [0, 0.1) is 0 Å². The lowest BCUT2D eigenvalue weighted by atomic mass is 10.2. The van der Waals surface area contributed by atoms with Crippen molar-refractivity contribution in [3.05, 3.63) is 28.0 Å². The Balaban J connectivity index is 2.85. The summed E-state index contributed by atoms with van der Waals surface area (Å²) < 4.78 is 0. The van der Waals surface area contributed by atoms with Gasteiger partial charge in [-0.25, -0.2) is 4.98 Å². The summed E-state index contributed by atoms with van der Waals surface area (Å²) in [6.07, 6.45) is 0. The smallest absolute Gasteiger partial charge is 0.325 e. The number of aliphatic carboxylic acids is 1. The van der Waals surface area contributed by atoms with Crippen LogP contribution in [0.5, 0.6) is 0 Å². The van der Waals surface area contributed by atoms with Gasteiger partial charge in [0.2, 0.25) is 0 Å². The van der Waals surface area contributed by atoms with Crippen LogP contribution >= 0.6 is 23.2 Å². The zero-order valence-corrected chi connectivity index (χ0v) is 9.71. The van der Waals surface area contributed by atoms with E-state index in [-0.39, 0.29) is 15.9 Å². The number of nitrogens with one attached hydrogen (secondary N) is 1. The van der Waals surface area contributed by atoms with E-state index in [4.69, 9.17) is 28.3 Å². The predicted molar refractivity (Wildman–Crippen MR) is 58.8 cm³/mol. The van der Waals surface area contributed by atoms with Crippen LogP contribution < -0.4 is 5.32 Å². The number of hydrogen-bond donors (Lipinski definition) is 2. The molecule has 1 rings (SSSR count). The number of carbonyl (C=O) groups is 2. The minimum absolute atomic E-state index is 0.0670. The van der Waals surface area contributed by atoms with Crippen LogP contribution in [0.2, 0.25) is 10.3 Å². The molecule has 16 heavy (non-hydrogen) atoms. The number of hydrogen-bond acceptors (Lipinski definition) is 3. The third-order valence-electron chi connectivity index (χ3n) is 1.78. The second-order valence-corrected chi connectivity index (χ2v) is 3.75. The summed E-state index contributed by atoms with van der Waals surface area (Å²) in [5.74, 6) is -1.74. The van der Waals surface area contributed by atoms with Gasteiger partial charge in [-0.1, -0.05) is 23.2 Å². The lowest BCUT2D eigenvalue weighted by molar-refractivity contribution is -0.138. The molecule has 0 aliphatic rings. The molecule has 0 spiro atoms. The largest absolute Gasteiger partial charge is 0.480 e. The van der Waals surface area contributed by atoms with Crippen LogP contribution in [0.25, 0.3) is 0 Å². The van der Waals surface area contributed by atoms with Gasteiger partial charge in [-0.05, 0) is 19.1 Å². The topological polar surface area (TPSA) is 79.3 Å². The van der Waals surface area contributed by atoms with Crippen LogP contribution in [0.15, 0.2) is 12.1 Å². The first-order valence-corrected chi connectivity index (χ1v) is 5.03. The Bertz CT molecular complexity index is 437. The number of pyridine rings is 1. The number of carbonyl (C=O) groups excluding carboxylic acids is 1. The van der Waals surface area contributed by atoms with E-state index in [1.165, 1.54) is 19.1 Å². The van der Waals surface area contributed by atoms with E-state index in [9.17, 15) is 9.59 Å². The molecular weight excluding hydrogens is 255 g/mol. The van der Waals surface area contributed by atoms with Gasteiger partial charge >= 0.3 is 5.97 Å². The Hall–Kier alpha value is -1.33. The van der Waals surface area contributed by atoms with Crippen LogP contribution in [0.3, 0.4) is 0 Å². The maximum Gasteiger partial charge on any atom is 0.325 e. The van der Waals surface area contributed by atoms with Crippen molar-refractivity contribution in [2.45, 2.75) is 13.0 Å². The zero-order chi connectivity index (χ0) is 12.3. The van der Waals surface area contributed by atoms with Gasteiger partial charge in [-0.15, -0.1) is 0 Å². The molecule has 0 aliphatic heterocycles. The number of nitrogens with zero attached hydrogens (tertiary/aromatic N) is 1. The molecule has 0 saturated carbocycles. The highest BCUT2D eigenvalue weighted by Crippen LogP contribution is 2.16. The van der Waals surface area contributed by atoms with Crippen LogP contribution in [0.4, 0.5) is 0 Å². The summed E-state index contributed by atoms with van der Waals surface area (Å²) in [6.45, 7) is 1.34. The average Bonchev–Trinajstić information content (AvgIpc) is 2.16. The molecule has 1 unspecified atom stereocenters. The van der Waals surface area contributed by atoms with Crippen LogP contribution in [-0.4, -0.2) is 28.0 Å². The predicted octanol–water partition coefficient (Wildman–Crippen LogP) is 1.59. The SMILES string of the molecule is CC(NC(=O)c1ccc(Cl)nc1Cl)C(=O)O. The first-order chi connectivity index (χ1) is 7.41. The molecule has 1 aromatic heterocycles. The van der Waals surface area contributed by atoms with Crippen molar-refractivity contribution in [3.8, 4) is 0 Å². The van der Waals surface area contributed by atoms with Crippen molar-refractivity contribution >= 4 is 35.1 Å². The first-order valence-electron chi connectivity index (χ1n) is 4.27. The maximum absolute atomic E-state index is 11.5. The van der Waals surface area contributed by atoms with Crippen molar-refractivity contribution in [3.63, 3.8) is 0 Å². The Morgan fingerprint density at radius 1 is 1.44 bits per heavy atom. The molecule has 7 heteroatoms. The summed E-state index contributed by atoms with van der Waals surface area (Å²) in [6, 6.07) is 1.77. The molecule has 1 atom stereocenters. The normalized spacial score (nSPS) is 11.9. The number of halogens is 2. The molecule has 1 aromatic rings. The molecule has 1 heterocycles. The van der Waals surface area contributed by atoms with Crippen LogP contribution in [0.1, 0.15) is 17.3 Å². The minimum atomic E-state index is -1.13. The maximum atomic E-state index is 11.5. The van der Waals surface area contributed by atoms with Gasteiger partial charge in [-0.3, -0.25) is 9.59 Å². The number of amides is 1. The van der Waals surface area contributed by atoms with E-state index in [0.717, 1.165) is 0 Å². The summed E-state index contributed by atoms with van der Waals surface area (Å²) in [4.78, 5) is 25.7. The van der Waals surface area contributed by atoms with E-state index in [1.807, 2.05) is 0 Å². The summed E-state index contributed by atoms with van der Waals surface area (Å²) >= 11 is 11.2. The van der Waals surface area contributed by atoms with Crippen molar-refractivity contribution < 1.29 is 14.7 Å². The van der Waals surface area contributed by atoms with Gasteiger partial charge in [0.1, 0.15) is 16.3 Å². The van der Waals surface area contributed by atoms with E-state index in [1.54, 1.807) is 0 Å². The molecule has 0 fully saturated rings. The fourth-order valence-corrected chi connectivity index (χ4v) is 1.35. The van der Waals surface area contributed by atoms with Crippen molar-refractivity contribution in [2.75, 3.05) is 0 Å². The highest BCUT2D eigenvalue weighted by molar-refractivity contribution is 6.34. The van der Waals surface area contributed by atoms with Crippen molar-refractivity contribution in [1.29, 1.82) is 0 Å². The Kier molecular flexibility index (Phi) is 4.09. The first kappa shape index (κ1) is 12.7. The molecule has 0 saturated heterocycles. The number of carboxylic acids is 1. The van der Waals surface area contributed by atoms with Gasteiger partial charge < -0.3 is 10.4 Å². The van der Waals surface area contributed by atoms with Gasteiger partial charge in [0.15, 0.2) is 0 Å². The van der Waals surface area contributed by atoms with E-state index in [2.05, 4.69) is 10.3 Å². The molecular formula is C9H8Cl2N2O3. The molecule has 2 N–H and O–H groups in total. The van der Waals surface area contributed by atoms with E-state index in [0.29, 0.717) is 0 Å². The lowest BCUT2D eigenvalue weighted by Crippen LogP contribution is -2.38.